The molecule has 5 heteroatoms. The Bertz CT molecular complexity index is 1040. The number of piperidine rings is 1. The van der Waals surface area contributed by atoms with E-state index in [9.17, 15) is 4.79 Å². The molecule has 0 spiro atoms. The maximum Gasteiger partial charge on any atom is 0.250 e. The van der Waals surface area contributed by atoms with Crippen molar-refractivity contribution in [3.63, 3.8) is 0 Å². The zero-order valence-corrected chi connectivity index (χ0v) is 20.4. The van der Waals surface area contributed by atoms with Crippen LogP contribution >= 0.6 is 0 Å². The first kappa shape index (κ1) is 23.0. The fraction of sp³-hybridized carbons (Fsp3) is 0.483. The van der Waals surface area contributed by atoms with Crippen LogP contribution in [0, 0.1) is 12.8 Å². The highest BCUT2D eigenvalue weighted by atomic mass is 16.5. The quantitative estimate of drug-likeness (QED) is 0.663. The highest BCUT2D eigenvalue weighted by Crippen LogP contribution is 2.32. The van der Waals surface area contributed by atoms with E-state index in [0.717, 1.165) is 55.1 Å². The number of nitrogens with zero attached hydrogens (tertiary/aromatic N) is 1. The summed E-state index contributed by atoms with van der Waals surface area (Å²) >= 11 is 0. The van der Waals surface area contributed by atoms with E-state index in [1.165, 1.54) is 30.4 Å². The van der Waals surface area contributed by atoms with Crippen molar-refractivity contribution in [2.24, 2.45) is 5.92 Å². The summed E-state index contributed by atoms with van der Waals surface area (Å²) in [6.45, 7) is 5.87. The van der Waals surface area contributed by atoms with E-state index >= 15 is 0 Å². The highest BCUT2D eigenvalue weighted by Gasteiger charge is 2.30. The summed E-state index contributed by atoms with van der Waals surface area (Å²) in [5.41, 5.74) is 4.31. The number of ether oxygens (including phenoxy) is 2. The van der Waals surface area contributed by atoms with Crippen molar-refractivity contribution < 1.29 is 14.3 Å². The number of benzene rings is 2. The number of rotatable bonds is 6. The van der Waals surface area contributed by atoms with Gasteiger partial charge in [0.15, 0.2) is 0 Å². The van der Waals surface area contributed by atoms with Crippen LogP contribution < -0.4 is 14.8 Å². The zero-order valence-electron chi connectivity index (χ0n) is 20.4. The van der Waals surface area contributed by atoms with E-state index in [2.05, 4.69) is 47.5 Å². The van der Waals surface area contributed by atoms with Gasteiger partial charge in [0.25, 0.3) is 5.91 Å². The fourth-order valence-corrected chi connectivity index (χ4v) is 5.74. The second kappa shape index (κ2) is 10.2. The van der Waals surface area contributed by atoms with E-state index in [4.69, 9.17) is 9.47 Å². The lowest BCUT2D eigenvalue weighted by molar-refractivity contribution is -0.118. The summed E-state index contributed by atoms with van der Waals surface area (Å²) in [6.07, 6.45) is 7.76. The van der Waals surface area contributed by atoms with Gasteiger partial charge in [-0.3, -0.25) is 4.79 Å². The lowest BCUT2D eigenvalue weighted by Gasteiger charge is -2.33. The van der Waals surface area contributed by atoms with E-state index in [1.807, 2.05) is 18.2 Å². The van der Waals surface area contributed by atoms with Gasteiger partial charge in [-0.15, -0.1) is 0 Å². The van der Waals surface area contributed by atoms with Gasteiger partial charge in [-0.25, -0.2) is 0 Å². The maximum absolute atomic E-state index is 12.9. The van der Waals surface area contributed by atoms with E-state index < -0.39 is 0 Å². The Morgan fingerprint density at radius 2 is 1.88 bits per heavy atom. The molecule has 1 saturated carbocycles. The van der Waals surface area contributed by atoms with Gasteiger partial charge in [-0.2, -0.15) is 0 Å². The Balaban J connectivity index is 1.07. The molecule has 0 aromatic heterocycles. The Kier molecular flexibility index (Phi) is 6.91. The molecule has 0 unspecified atom stereocenters. The van der Waals surface area contributed by atoms with Crippen LogP contribution in [0.4, 0.5) is 0 Å². The van der Waals surface area contributed by atoms with E-state index in [1.54, 1.807) is 7.11 Å². The first-order valence-corrected chi connectivity index (χ1v) is 12.7. The lowest BCUT2D eigenvalue weighted by Crippen LogP contribution is -2.38. The molecule has 2 aromatic carbocycles. The third-order valence-corrected chi connectivity index (χ3v) is 7.74. The number of nitrogens with one attached hydrogen (secondary N) is 1. The van der Waals surface area contributed by atoms with Crippen molar-refractivity contribution in [1.29, 1.82) is 0 Å². The number of carbonyl (C=O) groups is 1. The predicted molar refractivity (Wildman–Crippen MR) is 135 cm³/mol. The van der Waals surface area contributed by atoms with Crippen LogP contribution in [0.25, 0.3) is 6.08 Å². The molecule has 5 nitrogen and oxygen atoms in total. The molecule has 1 saturated heterocycles. The van der Waals surface area contributed by atoms with Crippen molar-refractivity contribution in [1.82, 2.24) is 10.2 Å². The minimum absolute atomic E-state index is 0.0252. The molecular formula is C29H36N2O3. The molecule has 2 aliphatic heterocycles. The van der Waals surface area contributed by atoms with Crippen LogP contribution in [0.3, 0.4) is 0 Å². The van der Waals surface area contributed by atoms with Gasteiger partial charge in [0.1, 0.15) is 18.1 Å². The Morgan fingerprint density at radius 1 is 1.09 bits per heavy atom. The van der Waals surface area contributed by atoms with Gasteiger partial charge in [-0.05, 0) is 99.4 Å². The molecule has 1 aliphatic carbocycles. The number of amides is 1. The summed E-state index contributed by atoms with van der Waals surface area (Å²) in [5, 5.41) is 3.28. The second-order valence-corrected chi connectivity index (χ2v) is 10.2. The monoisotopic (exact) mass is 460 g/mol. The van der Waals surface area contributed by atoms with Gasteiger partial charge < -0.3 is 19.7 Å². The minimum atomic E-state index is 0.0252. The third-order valence-electron chi connectivity index (χ3n) is 7.74. The number of likely N-dealkylation sites (tertiary alicyclic amines) is 1. The van der Waals surface area contributed by atoms with Crippen LogP contribution in [0.2, 0.25) is 0 Å². The number of carbonyl (C=O) groups excluding carboxylic acids is 1. The average Bonchev–Trinajstić information content (AvgIpc) is 3.30. The van der Waals surface area contributed by atoms with E-state index in [-0.39, 0.29) is 11.9 Å². The molecule has 34 heavy (non-hydrogen) atoms. The topological polar surface area (TPSA) is 50.8 Å². The Labute approximate surface area is 203 Å². The normalized spacial score (nSPS) is 23.1. The molecule has 3 aliphatic rings. The molecule has 0 bridgehead atoms. The number of aryl methyl sites for hydroxylation is 1. The molecule has 0 radical (unpaired) electrons. The SMILES string of the molecule is COc1ccc(C2CCN(C[C@@H]3CC[C@H](NC(=O)C4=Cc5ccc(C)cc5OC4)C3)CC2)cc1. The van der Waals surface area contributed by atoms with Crippen molar-refractivity contribution in [2.45, 2.75) is 51.0 Å². The molecule has 2 fully saturated rings. The summed E-state index contributed by atoms with van der Waals surface area (Å²) in [4.78, 5) is 15.5. The van der Waals surface area contributed by atoms with Crippen LogP contribution in [0.1, 0.15) is 54.7 Å². The number of fused-ring (bicyclic) bond motifs is 1. The molecule has 2 atom stereocenters. The van der Waals surface area contributed by atoms with Crippen molar-refractivity contribution in [2.75, 3.05) is 33.4 Å². The Hall–Kier alpha value is -2.79. The summed E-state index contributed by atoms with van der Waals surface area (Å²) in [7, 11) is 1.72. The minimum Gasteiger partial charge on any atom is -0.497 e. The molecule has 5 rings (SSSR count). The molecule has 2 aromatic rings. The van der Waals surface area contributed by atoms with Gasteiger partial charge in [-0.1, -0.05) is 24.3 Å². The van der Waals surface area contributed by atoms with Crippen molar-refractivity contribution in [3.05, 3.63) is 64.7 Å². The maximum atomic E-state index is 12.9. The second-order valence-electron chi connectivity index (χ2n) is 10.2. The number of hydrogen-bond acceptors (Lipinski definition) is 4. The summed E-state index contributed by atoms with van der Waals surface area (Å²) in [6, 6.07) is 15.0. The van der Waals surface area contributed by atoms with Crippen LogP contribution in [0.5, 0.6) is 11.5 Å². The molecule has 1 N–H and O–H groups in total. The van der Waals surface area contributed by atoms with Gasteiger partial charge in [0.2, 0.25) is 0 Å². The fourth-order valence-electron chi connectivity index (χ4n) is 5.74. The molecule has 180 valence electrons. The zero-order chi connectivity index (χ0) is 23.5. The standard InChI is InChI=1S/C29H36N2O3/c1-20-3-5-24-17-25(19-34-28(24)15-20)29(32)30-26-8-4-21(16-26)18-31-13-11-23(12-14-31)22-6-9-27(33-2)10-7-22/h3,5-7,9-10,15,17,21,23,26H,4,8,11-14,16,18-19H2,1-2H3,(H,30,32)/t21-,26+/m1/s1. The first-order chi connectivity index (χ1) is 16.6. The predicted octanol–water partition coefficient (Wildman–Crippen LogP) is 4.94. The third kappa shape index (κ3) is 5.30. The number of methoxy groups -OCH3 is 1. The van der Waals surface area contributed by atoms with Gasteiger partial charge in [0.05, 0.1) is 12.7 Å². The number of hydrogen-bond donors (Lipinski definition) is 1. The lowest BCUT2D eigenvalue weighted by atomic mass is 9.89. The summed E-state index contributed by atoms with van der Waals surface area (Å²) < 4.78 is 11.1. The highest BCUT2D eigenvalue weighted by molar-refractivity contribution is 5.99. The van der Waals surface area contributed by atoms with E-state index in [0.29, 0.717) is 18.4 Å². The first-order valence-electron chi connectivity index (χ1n) is 12.7. The molecule has 2 heterocycles. The van der Waals surface area contributed by atoms with Crippen LogP contribution in [-0.4, -0.2) is 50.2 Å². The molecular weight excluding hydrogens is 424 g/mol. The van der Waals surface area contributed by atoms with Crippen LogP contribution in [0.15, 0.2) is 48.0 Å². The van der Waals surface area contributed by atoms with Gasteiger partial charge in [0, 0.05) is 18.2 Å². The summed E-state index contributed by atoms with van der Waals surface area (Å²) in [5.74, 6) is 3.14. The smallest absolute Gasteiger partial charge is 0.250 e. The van der Waals surface area contributed by atoms with Crippen molar-refractivity contribution in [3.8, 4) is 11.5 Å². The average molecular weight is 461 g/mol. The Morgan fingerprint density at radius 3 is 2.65 bits per heavy atom. The van der Waals surface area contributed by atoms with Crippen LogP contribution in [-0.2, 0) is 4.79 Å². The van der Waals surface area contributed by atoms with Crippen molar-refractivity contribution >= 4 is 12.0 Å². The van der Waals surface area contributed by atoms with Gasteiger partial charge >= 0.3 is 0 Å². The largest absolute Gasteiger partial charge is 0.497 e. The molecule has 1 amide bonds.